The summed E-state index contributed by atoms with van der Waals surface area (Å²) in [4.78, 5) is 51.2. The molecule has 512 valence electrons. The topological polar surface area (TPSA) is 464 Å². The largest absolute Gasteiger partial charge is 1.00 e. The molecule has 95 heavy (non-hydrogen) atoms. The number of thiophene rings is 4. The van der Waals surface area contributed by atoms with Gasteiger partial charge in [0.1, 0.15) is 41.4 Å². The summed E-state index contributed by atoms with van der Waals surface area (Å²) in [5.41, 5.74) is -0.225. The summed E-state index contributed by atoms with van der Waals surface area (Å²) >= 11 is 4.44. The summed E-state index contributed by atoms with van der Waals surface area (Å²) < 4.78 is 178. The van der Waals surface area contributed by atoms with Crippen molar-refractivity contribution in [3.05, 3.63) is 156 Å². The smallest absolute Gasteiger partial charge is 1.00 e. The third kappa shape index (κ3) is 26.3. The number of carbonyl (C=O) groups is 1. The minimum absolute atomic E-state index is 0. The van der Waals surface area contributed by atoms with Crippen LogP contribution in [0.5, 0.6) is 5.75 Å². The van der Waals surface area contributed by atoms with Gasteiger partial charge in [-0.3, -0.25) is 33.2 Å². The van der Waals surface area contributed by atoms with Gasteiger partial charge >= 0.3 is 161 Å². The molecule has 5 aromatic carbocycles. The molecule has 31 nitrogen and oxygen atoms in total. The standard InChI is InChI=1S/C16H15N2O7PS2.C12H16NO5PS2.C11H14NO5PS2.C10H12NO5PS2.CH2O3.2Cs.H3N.H/c1-17(28(23,24)16-10-12-4-2-3-5-15(12)27-16)11-26(21,22)25-14-8-6-13(7-9-14)18(19)20;1-13(9-19(14,17-2)18-3)21(15,16)12-8-10-6-4-5-7-11(10)20-12;1-16-18(13,17-2)8-12-20(14,15)11-7-9-5-3-4-6-10(9)19-11;1-11(7-17(12,13)14)19(15,16)10-6-8-4-2-3-5-9(8)18-10;2-1-4-3;;;;/h2-10H,11H2,1H3,(H,21,22);4-8H,9H2,1-3H3;3-7,12H,8H2,1-2H3;2-6H,7H2,1H3,(H2,12,13,14);1,3H;;;1H3;/q;;;;;2*+1;;-1/p-2. The second kappa shape index (κ2) is 39.5. The number of non-ortho nitro benzene ring substituents is 1. The number of hydrogen-bond acceptors (Lipinski definition) is 28. The number of rotatable bonds is 24. The van der Waals surface area contributed by atoms with Crippen LogP contribution in [-0.4, -0.2) is 142 Å². The third-order valence-corrected chi connectivity index (χ3v) is 31.4. The number of nitrogens with zero attached hydrogens (tertiary/aromatic N) is 4. The van der Waals surface area contributed by atoms with Crippen molar-refractivity contribution >= 4 is 168 Å². The molecule has 0 fully saturated rings. The van der Waals surface area contributed by atoms with E-state index >= 15 is 0 Å². The van der Waals surface area contributed by atoms with Crippen molar-refractivity contribution in [3.63, 3.8) is 0 Å². The molecule has 0 bridgehead atoms. The molecule has 1 unspecified atom stereocenters. The van der Waals surface area contributed by atoms with Crippen molar-refractivity contribution in [1.29, 1.82) is 0 Å². The Balaban J connectivity index is 0.000000626. The van der Waals surface area contributed by atoms with E-state index < -0.39 is 94.3 Å². The number of hydrogen-bond donors (Lipinski definition) is 4. The molecule has 0 saturated heterocycles. The second-order valence-electron chi connectivity index (χ2n) is 18.2. The maximum Gasteiger partial charge on any atom is 1.00 e. The minimum atomic E-state index is -4.63. The van der Waals surface area contributed by atoms with Crippen LogP contribution < -0.4 is 163 Å². The molecule has 0 amide bonds. The average molecular weight is 1790 g/mol. The minimum Gasteiger partial charge on any atom is -1.00 e. The Hall–Kier alpha value is -1.09. The summed E-state index contributed by atoms with van der Waals surface area (Å²) in [6.07, 6.45) is -2.46. The Morgan fingerprint density at radius 1 is 0.537 bits per heavy atom. The molecule has 0 aliphatic heterocycles. The first-order chi connectivity index (χ1) is 42.9. The van der Waals surface area contributed by atoms with E-state index in [0.29, 0.717) is 8.61 Å². The van der Waals surface area contributed by atoms with Crippen LogP contribution in [0.1, 0.15) is 1.43 Å². The van der Waals surface area contributed by atoms with Gasteiger partial charge < -0.3 is 55.0 Å². The van der Waals surface area contributed by atoms with E-state index in [0.717, 1.165) is 117 Å². The number of nitro groups is 1. The molecule has 0 radical (unpaired) electrons. The first kappa shape index (κ1) is 90.0. The van der Waals surface area contributed by atoms with Gasteiger partial charge in [-0.2, -0.15) is 17.6 Å². The first-order valence-electron chi connectivity index (χ1n) is 25.2. The number of carbonyl (C=O) groups excluding carboxylic acids is 1. The normalized spacial score (nSPS) is 12.7. The van der Waals surface area contributed by atoms with E-state index in [9.17, 15) is 66.9 Å². The molecule has 0 saturated carbocycles. The van der Waals surface area contributed by atoms with Crippen molar-refractivity contribution in [2.75, 3.05) is 74.7 Å². The van der Waals surface area contributed by atoms with Crippen molar-refractivity contribution in [1.82, 2.24) is 23.8 Å². The van der Waals surface area contributed by atoms with Gasteiger partial charge in [0, 0.05) is 80.5 Å². The number of sulfonamides is 4. The Morgan fingerprint density at radius 3 is 1.15 bits per heavy atom. The maximum absolute atomic E-state index is 12.7. The molecule has 6 N–H and O–H groups in total. The molecule has 4 aromatic heterocycles. The van der Waals surface area contributed by atoms with Gasteiger partial charge in [-0.1, -0.05) is 72.8 Å². The quantitative estimate of drug-likeness (QED) is 0.0222. The van der Waals surface area contributed by atoms with Crippen molar-refractivity contribution in [3.8, 4) is 5.75 Å². The van der Waals surface area contributed by atoms with Crippen LogP contribution in [0.25, 0.3) is 40.3 Å². The molecule has 1 atom stereocenters. The van der Waals surface area contributed by atoms with Gasteiger partial charge in [-0.15, -0.1) is 45.3 Å². The molecule has 0 aliphatic carbocycles. The zero-order valence-corrected chi connectivity index (χ0v) is 74.3. The molecule has 4 heterocycles. The van der Waals surface area contributed by atoms with Gasteiger partial charge in [0.05, 0.1) is 11.2 Å². The molecule has 0 spiro atoms. The monoisotopic (exact) mass is 1790 g/mol. The summed E-state index contributed by atoms with van der Waals surface area (Å²) in [6, 6.07) is 39.6. The number of nitro benzene ring substituents is 1. The molecule has 0 aliphatic rings. The maximum atomic E-state index is 12.7. The van der Waals surface area contributed by atoms with Crippen LogP contribution in [0.15, 0.2) is 162 Å². The Morgan fingerprint density at radius 2 is 0.842 bits per heavy atom. The van der Waals surface area contributed by atoms with Crippen LogP contribution in [0.4, 0.5) is 5.69 Å². The van der Waals surface area contributed by atoms with Crippen LogP contribution >= 0.6 is 75.7 Å². The number of benzene rings is 5. The third-order valence-electron chi connectivity index (χ3n) is 11.9. The van der Waals surface area contributed by atoms with Crippen LogP contribution in [-0.2, 0) is 86.1 Å². The van der Waals surface area contributed by atoms with E-state index in [4.69, 9.17) is 33.4 Å². The van der Waals surface area contributed by atoms with E-state index in [2.05, 4.69) is 18.7 Å². The fourth-order valence-electron chi connectivity index (χ4n) is 7.23. The zero-order valence-electron chi connectivity index (χ0n) is 52.6. The zero-order chi connectivity index (χ0) is 68.7. The molecule has 9 aromatic rings. The second-order valence-corrected chi connectivity index (χ2v) is 39.2. The van der Waals surface area contributed by atoms with Crippen LogP contribution in [0.2, 0.25) is 0 Å². The van der Waals surface area contributed by atoms with E-state index in [1.165, 1.54) is 59.0 Å². The van der Waals surface area contributed by atoms with Crippen LogP contribution in [0.3, 0.4) is 0 Å². The molecular formula is C50H61Cs2N6O25P4S8-. The predicted molar refractivity (Wildman–Crippen MR) is 352 cm³/mol. The summed E-state index contributed by atoms with van der Waals surface area (Å²) in [7, 11) is -22.8. The van der Waals surface area contributed by atoms with Gasteiger partial charge in [0.15, 0.2) is 7.60 Å². The van der Waals surface area contributed by atoms with Crippen LogP contribution in [0, 0.1) is 10.1 Å². The van der Waals surface area contributed by atoms with Gasteiger partial charge in [-0.05, 0) is 82.2 Å². The molecular weight excluding hydrogens is 1730 g/mol. The Bertz CT molecular complexity index is 4580. The molecule has 9 rings (SSSR count). The van der Waals surface area contributed by atoms with E-state index in [1.54, 1.807) is 60.7 Å². The van der Waals surface area contributed by atoms with Gasteiger partial charge in [-0.25, -0.2) is 33.7 Å². The average Bonchev–Trinajstić information content (AvgIpc) is 1.62. The fourth-order valence-corrected chi connectivity index (χ4v) is 23.9. The summed E-state index contributed by atoms with van der Waals surface area (Å²) in [5, 5.41) is 22.3. The van der Waals surface area contributed by atoms with Crippen molar-refractivity contribution in [2.24, 2.45) is 0 Å². The fraction of sp³-hybridized carbons (Fsp3) is 0.220. The first-order valence-corrected chi connectivity index (χ1v) is 41.2. The van der Waals surface area contributed by atoms with Crippen molar-refractivity contribution < 1.29 is 248 Å². The predicted octanol–water partition coefficient (Wildman–Crippen LogP) is 2.98. The number of nitrogens with one attached hydrogen (secondary N) is 1. The van der Waals surface area contributed by atoms with E-state index in [-0.39, 0.29) is 186 Å². The van der Waals surface area contributed by atoms with E-state index in [1.807, 2.05) is 48.5 Å². The Kier molecular flexibility index (Phi) is 37.4. The van der Waals surface area contributed by atoms with Gasteiger partial charge in [0.25, 0.3) is 52.3 Å². The Labute approximate surface area is 682 Å². The summed E-state index contributed by atoms with van der Waals surface area (Å²) in [5.74, 6) is -0.142. The number of fused-ring (bicyclic) bond motifs is 4. The molecule has 45 heteroatoms. The SMILES string of the molecule is CN(CP(=O)(O)O)S(=O)(=O)c1cc2ccccc2s1.CN(CP(=O)([O-])Oc1ccc([N+](=O)[O-])cc1)S(=O)(=O)c1cc2ccccc2s1.COP(=O)(CN(C)S(=O)(=O)c1cc2ccccc2s1)OC.COP(=O)(CNS(=O)(=O)c1cc2ccccc2s1)OC.N.O=CO[O-].[Cs+].[Cs+].[H-]. The van der Waals surface area contributed by atoms with Crippen molar-refractivity contribution in [2.45, 2.75) is 16.8 Å². The van der Waals surface area contributed by atoms with Gasteiger partial charge in [0.2, 0.25) is 0 Å². The summed E-state index contributed by atoms with van der Waals surface area (Å²) in [6.45, 7) is -0.181.